The maximum atomic E-state index is 11.6. The van der Waals surface area contributed by atoms with Gasteiger partial charge in [-0.15, -0.1) is 0 Å². The van der Waals surface area contributed by atoms with Crippen molar-refractivity contribution in [1.82, 2.24) is 9.97 Å². The average Bonchev–Trinajstić information content (AvgIpc) is 3.25. The number of aromatic nitrogens is 2. The van der Waals surface area contributed by atoms with Crippen molar-refractivity contribution in [1.29, 1.82) is 0 Å². The zero-order chi connectivity index (χ0) is 13.9. The summed E-state index contributed by atoms with van der Waals surface area (Å²) < 4.78 is 0. The maximum Gasteiger partial charge on any atom is 0.252 e. The molecule has 1 saturated carbocycles. The first-order chi connectivity index (χ1) is 9.12. The normalized spacial score (nSPS) is 15.5. The third-order valence-electron chi connectivity index (χ3n) is 4.30. The van der Waals surface area contributed by atoms with Crippen molar-refractivity contribution in [2.45, 2.75) is 45.4 Å². The molecule has 1 heterocycles. The molecular weight excluding hydrogens is 240 g/mol. The molecule has 4 N–H and O–H groups in total. The fraction of sp³-hybridized carbons (Fsp3) is 0.714. The molecule has 2 rings (SSSR count). The molecule has 0 aliphatic heterocycles. The molecule has 0 saturated heterocycles. The summed E-state index contributed by atoms with van der Waals surface area (Å²) in [6, 6.07) is 1.53. The molecule has 0 bridgehead atoms. The number of rotatable bonds is 7. The zero-order valence-corrected chi connectivity index (χ0v) is 11.8. The van der Waals surface area contributed by atoms with Crippen LogP contribution in [0.2, 0.25) is 0 Å². The summed E-state index contributed by atoms with van der Waals surface area (Å²) in [4.78, 5) is 18.9. The highest BCUT2D eigenvalue weighted by atomic mass is 16.1. The number of hydrogen-bond donors (Lipinski definition) is 3. The lowest BCUT2D eigenvalue weighted by atomic mass is 9.82. The van der Waals surface area contributed by atoms with Gasteiger partial charge in [-0.3, -0.25) is 4.79 Å². The quantitative estimate of drug-likeness (QED) is 0.701. The molecule has 5 heteroatoms. The van der Waals surface area contributed by atoms with E-state index < -0.39 is 0 Å². The molecule has 19 heavy (non-hydrogen) atoms. The van der Waals surface area contributed by atoms with Crippen molar-refractivity contribution in [2.24, 2.45) is 11.1 Å². The van der Waals surface area contributed by atoms with E-state index in [0.29, 0.717) is 18.3 Å². The minimum atomic E-state index is -0.0780. The van der Waals surface area contributed by atoms with E-state index in [1.165, 1.54) is 6.07 Å². The van der Waals surface area contributed by atoms with Crippen LogP contribution in [0.1, 0.15) is 51.3 Å². The number of aromatic amines is 1. The molecule has 1 fully saturated rings. The van der Waals surface area contributed by atoms with Gasteiger partial charge >= 0.3 is 0 Å². The molecule has 0 unspecified atom stereocenters. The highest BCUT2D eigenvalue weighted by Gasteiger charge is 2.27. The van der Waals surface area contributed by atoms with Crippen LogP contribution in [0.4, 0.5) is 5.82 Å². The number of hydrogen-bond acceptors (Lipinski definition) is 4. The first-order valence-corrected chi connectivity index (χ1v) is 7.17. The first kappa shape index (κ1) is 14.1. The van der Waals surface area contributed by atoms with Crippen LogP contribution in [-0.4, -0.2) is 23.1 Å². The third-order valence-corrected chi connectivity index (χ3v) is 4.30. The Kier molecular flexibility index (Phi) is 4.24. The molecule has 1 aromatic heterocycles. The van der Waals surface area contributed by atoms with Gasteiger partial charge in [0.1, 0.15) is 11.6 Å². The van der Waals surface area contributed by atoms with Crippen LogP contribution in [0.5, 0.6) is 0 Å². The second-order valence-corrected chi connectivity index (χ2v) is 5.55. The minimum absolute atomic E-state index is 0.0780. The summed E-state index contributed by atoms with van der Waals surface area (Å²) >= 11 is 0. The van der Waals surface area contributed by atoms with Gasteiger partial charge in [-0.05, 0) is 37.6 Å². The lowest BCUT2D eigenvalue weighted by molar-refractivity contribution is 0.294. The SMILES string of the molecule is CCC(CC)(CN)CNc1cc(=O)[nH]c(C2CC2)n1. The Balaban J connectivity index is 2.08. The van der Waals surface area contributed by atoms with Crippen LogP contribution < -0.4 is 16.6 Å². The fourth-order valence-electron chi connectivity index (χ4n) is 2.26. The van der Waals surface area contributed by atoms with Crippen LogP contribution in [0.25, 0.3) is 0 Å². The number of nitrogens with two attached hydrogens (primary N) is 1. The van der Waals surface area contributed by atoms with Crippen molar-refractivity contribution in [3.8, 4) is 0 Å². The van der Waals surface area contributed by atoms with Crippen LogP contribution in [0.15, 0.2) is 10.9 Å². The van der Waals surface area contributed by atoms with Crippen molar-refractivity contribution in [3.63, 3.8) is 0 Å². The lowest BCUT2D eigenvalue weighted by Crippen LogP contribution is -2.36. The second-order valence-electron chi connectivity index (χ2n) is 5.55. The van der Waals surface area contributed by atoms with E-state index in [1.54, 1.807) is 0 Å². The Morgan fingerprint density at radius 1 is 1.47 bits per heavy atom. The van der Waals surface area contributed by atoms with Crippen LogP contribution >= 0.6 is 0 Å². The van der Waals surface area contributed by atoms with E-state index in [9.17, 15) is 4.79 Å². The Bertz CT molecular complexity index is 466. The molecule has 106 valence electrons. The molecule has 0 aromatic carbocycles. The number of nitrogens with zero attached hydrogens (tertiary/aromatic N) is 1. The first-order valence-electron chi connectivity index (χ1n) is 7.17. The van der Waals surface area contributed by atoms with E-state index in [4.69, 9.17) is 5.73 Å². The molecule has 0 spiro atoms. The van der Waals surface area contributed by atoms with E-state index >= 15 is 0 Å². The Morgan fingerprint density at radius 2 is 2.16 bits per heavy atom. The highest BCUT2D eigenvalue weighted by molar-refractivity contribution is 5.34. The number of nitrogens with one attached hydrogen (secondary N) is 2. The van der Waals surface area contributed by atoms with Crippen molar-refractivity contribution < 1.29 is 0 Å². The summed E-state index contributed by atoms with van der Waals surface area (Å²) in [5.41, 5.74) is 5.89. The predicted octanol–water partition coefficient (Wildman–Crippen LogP) is 1.82. The minimum Gasteiger partial charge on any atom is -0.369 e. The summed E-state index contributed by atoms with van der Waals surface area (Å²) in [7, 11) is 0. The molecule has 1 aliphatic rings. The van der Waals surface area contributed by atoms with E-state index in [-0.39, 0.29) is 11.0 Å². The van der Waals surface area contributed by atoms with Gasteiger partial charge in [0.2, 0.25) is 0 Å². The summed E-state index contributed by atoms with van der Waals surface area (Å²) in [5.74, 6) is 1.94. The average molecular weight is 264 g/mol. The fourth-order valence-corrected chi connectivity index (χ4v) is 2.26. The third kappa shape index (κ3) is 3.35. The molecule has 0 atom stereocenters. The van der Waals surface area contributed by atoms with Crippen molar-refractivity contribution in [3.05, 3.63) is 22.2 Å². The van der Waals surface area contributed by atoms with Gasteiger partial charge in [-0.2, -0.15) is 0 Å². The van der Waals surface area contributed by atoms with E-state index in [1.807, 2.05) is 0 Å². The van der Waals surface area contributed by atoms with Gasteiger partial charge in [0.25, 0.3) is 5.56 Å². The highest BCUT2D eigenvalue weighted by Crippen LogP contribution is 2.37. The Morgan fingerprint density at radius 3 is 2.68 bits per heavy atom. The predicted molar refractivity (Wildman–Crippen MR) is 77.4 cm³/mol. The number of H-pyrrole nitrogens is 1. The zero-order valence-electron chi connectivity index (χ0n) is 11.8. The second kappa shape index (κ2) is 5.74. The maximum absolute atomic E-state index is 11.6. The van der Waals surface area contributed by atoms with Crippen LogP contribution in [0, 0.1) is 5.41 Å². The molecule has 1 aromatic rings. The Hall–Kier alpha value is -1.36. The van der Waals surface area contributed by atoms with Crippen LogP contribution in [0.3, 0.4) is 0 Å². The number of anilines is 1. The van der Waals surface area contributed by atoms with Gasteiger partial charge in [0.05, 0.1) is 0 Å². The van der Waals surface area contributed by atoms with Crippen molar-refractivity contribution in [2.75, 3.05) is 18.4 Å². The van der Waals surface area contributed by atoms with Gasteiger partial charge in [-0.1, -0.05) is 13.8 Å². The van der Waals surface area contributed by atoms with E-state index in [2.05, 4.69) is 29.1 Å². The van der Waals surface area contributed by atoms with Crippen LogP contribution in [-0.2, 0) is 0 Å². The summed E-state index contributed by atoms with van der Waals surface area (Å²) in [6.45, 7) is 5.71. The van der Waals surface area contributed by atoms with Gasteiger partial charge in [-0.25, -0.2) is 4.98 Å². The Labute approximate surface area is 114 Å². The monoisotopic (exact) mass is 264 g/mol. The molecule has 1 aliphatic carbocycles. The van der Waals surface area contributed by atoms with Gasteiger partial charge < -0.3 is 16.0 Å². The van der Waals surface area contributed by atoms with Gasteiger partial charge in [0.15, 0.2) is 0 Å². The summed E-state index contributed by atoms with van der Waals surface area (Å²) in [6.07, 6.45) is 4.30. The summed E-state index contributed by atoms with van der Waals surface area (Å²) in [5, 5.41) is 3.29. The standard InChI is InChI=1S/C14H24N4O/c1-3-14(4-2,8-15)9-16-11-7-12(19)18-13(17-11)10-5-6-10/h7,10H,3-6,8-9,15H2,1-2H3,(H2,16,17,18,19). The smallest absolute Gasteiger partial charge is 0.252 e. The van der Waals surface area contributed by atoms with E-state index in [0.717, 1.165) is 38.1 Å². The lowest BCUT2D eigenvalue weighted by Gasteiger charge is -2.30. The molecular formula is C14H24N4O. The molecule has 5 nitrogen and oxygen atoms in total. The molecule has 0 amide bonds. The molecule has 0 radical (unpaired) electrons. The van der Waals surface area contributed by atoms with Crippen molar-refractivity contribution >= 4 is 5.82 Å². The largest absolute Gasteiger partial charge is 0.369 e. The topological polar surface area (TPSA) is 83.8 Å². The van der Waals surface area contributed by atoms with Gasteiger partial charge in [0, 0.05) is 18.5 Å².